The molecule has 0 radical (unpaired) electrons. The molecule has 2 aliphatic rings. The van der Waals surface area contributed by atoms with Crippen LogP contribution in [0.3, 0.4) is 0 Å². The van der Waals surface area contributed by atoms with E-state index < -0.39 is 0 Å². The van der Waals surface area contributed by atoms with Gasteiger partial charge in [-0.3, -0.25) is 9.58 Å². The first-order chi connectivity index (χ1) is 14.7. The van der Waals surface area contributed by atoms with Crippen LogP contribution < -0.4 is 9.47 Å². The van der Waals surface area contributed by atoms with Crippen molar-refractivity contribution in [2.45, 2.75) is 44.6 Å². The summed E-state index contributed by atoms with van der Waals surface area (Å²) in [7, 11) is 3.67. The molecule has 0 N–H and O–H groups in total. The van der Waals surface area contributed by atoms with E-state index in [1.165, 1.54) is 38.6 Å². The summed E-state index contributed by atoms with van der Waals surface area (Å²) in [6.07, 6.45) is 7.86. The number of hydrogen-bond acceptors (Lipinski definition) is 5. The van der Waals surface area contributed by atoms with Gasteiger partial charge in [0.25, 0.3) is 0 Å². The minimum atomic E-state index is 0.0671. The molecule has 2 heterocycles. The van der Waals surface area contributed by atoms with Crippen LogP contribution in [0.15, 0.2) is 30.3 Å². The molecule has 0 bridgehead atoms. The first kappa shape index (κ1) is 21.2. The van der Waals surface area contributed by atoms with Crippen LogP contribution in [-0.4, -0.2) is 54.6 Å². The number of benzene rings is 1. The third kappa shape index (κ3) is 5.35. The zero-order valence-corrected chi connectivity index (χ0v) is 18.4. The van der Waals surface area contributed by atoms with Gasteiger partial charge in [0, 0.05) is 38.8 Å². The normalized spacial score (nSPS) is 20.9. The fourth-order valence-electron chi connectivity index (χ4n) is 4.71. The van der Waals surface area contributed by atoms with E-state index in [0.29, 0.717) is 6.61 Å². The molecule has 0 unspecified atom stereocenters. The van der Waals surface area contributed by atoms with Gasteiger partial charge in [-0.05, 0) is 37.0 Å². The second-order valence-electron chi connectivity index (χ2n) is 8.56. The molecule has 4 rings (SSSR count). The molecule has 30 heavy (non-hydrogen) atoms. The third-order valence-corrected chi connectivity index (χ3v) is 6.40. The minimum absolute atomic E-state index is 0.0671. The van der Waals surface area contributed by atoms with Crippen LogP contribution in [0, 0.1) is 5.92 Å². The summed E-state index contributed by atoms with van der Waals surface area (Å²) in [5.74, 6) is 2.40. The summed E-state index contributed by atoms with van der Waals surface area (Å²) >= 11 is 0. The number of aromatic nitrogens is 2. The van der Waals surface area contributed by atoms with E-state index in [2.05, 4.69) is 11.0 Å². The molecule has 2 aromatic rings. The van der Waals surface area contributed by atoms with Gasteiger partial charge in [-0.25, -0.2) is 0 Å². The maximum Gasteiger partial charge on any atom is 0.161 e. The van der Waals surface area contributed by atoms with Gasteiger partial charge in [0.1, 0.15) is 6.10 Å². The number of aryl methyl sites for hydroxylation is 1. The Balaban J connectivity index is 1.31. The summed E-state index contributed by atoms with van der Waals surface area (Å²) in [5.41, 5.74) is 2.20. The molecule has 2 fully saturated rings. The second kappa shape index (κ2) is 10.3. The number of para-hydroxylation sites is 2. The average molecular weight is 414 g/mol. The highest BCUT2D eigenvalue weighted by Gasteiger charge is 2.27. The largest absolute Gasteiger partial charge is 0.493 e. The van der Waals surface area contributed by atoms with Crippen molar-refractivity contribution in [3.05, 3.63) is 41.7 Å². The van der Waals surface area contributed by atoms with Gasteiger partial charge in [0.15, 0.2) is 11.5 Å². The highest BCUT2D eigenvalue weighted by atomic mass is 16.5. The minimum Gasteiger partial charge on any atom is -0.493 e. The molecule has 164 valence electrons. The number of morpholine rings is 1. The molecule has 1 aromatic carbocycles. The van der Waals surface area contributed by atoms with Crippen molar-refractivity contribution in [2.24, 2.45) is 13.0 Å². The topological polar surface area (TPSA) is 48.8 Å². The van der Waals surface area contributed by atoms with E-state index in [1.807, 2.05) is 36.0 Å². The Morgan fingerprint density at radius 1 is 1.13 bits per heavy atom. The first-order valence-corrected chi connectivity index (χ1v) is 11.4. The molecule has 1 aromatic heterocycles. The Morgan fingerprint density at radius 2 is 1.93 bits per heavy atom. The van der Waals surface area contributed by atoms with Gasteiger partial charge in [0.2, 0.25) is 0 Å². The Labute approximate surface area is 180 Å². The van der Waals surface area contributed by atoms with Crippen LogP contribution in [-0.2, 0) is 18.2 Å². The highest BCUT2D eigenvalue weighted by molar-refractivity contribution is 5.39. The van der Waals surface area contributed by atoms with Crippen molar-refractivity contribution in [2.75, 3.05) is 40.0 Å². The lowest BCUT2D eigenvalue weighted by molar-refractivity contribution is -0.0381. The predicted molar refractivity (Wildman–Crippen MR) is 117 cm³/mol. The number of hydrogen-bond donors (Lipinski definition) is 0. The maximum atomic E-state index is 6.09. The van der Waals surface area contributed by atoms with Gasteiger partial charge in [-0.1, -0.05) is 31.4 Å². The number of nitrogens with zero attached hydrogens (tertiary/aromatic N) is 3. The van der Waals surface area contributed by atoms with Crippen molar-refractivity contribution in [1.82, 2.24) is 14.7 Å². The average Bonchev–Trinajstić information content (AvgIpc) is 3.15. The highest BCUT2D eigenvalue weighted by Crippen LogP contribution is 2.28. The summed E-state index contributed by atoms with van der Waals surface area (Å²) in [6.45, 7) is 4.58. The molecular weight excluding hydrogens is 378 g/mol. The van der Waals surface area contributed by atoms with Gasteiger partial charge in [-0.2, -0.15) is 5.10 Å². The number of ether oxygens (including phenoxy) is 3. The van der Waals surface area contributed by atoms with Crippen molar-refractivity contribution >= 4 is 0 Å². The van der Waals surface area contributed by atoms with Gasteiger partial charge in [0.05, 0.1) is 26.0 Å². The molecule has 6 heteroatoms. The summed E-state index contributed by atoms with van der Waals surface area (Å²) < 4.78 is 19.3. The molecule has 1 aliphatic heterocycles. The second-order valence-corrected chi connectivity index (χ2v) is 8.56. The van der Waals surface area contributed by atoms with Crippen molar-refractivity contribution in [3.8, 4) is 11.5 Å². The molecule has 6 nitrogen and oxygen atoms in total. The van der Waals surface area contributed by atoms with Crippen LogP contribution in [0.4, 0.5) is 0 Å². The predicted octanol–water partition coefficient (Wildman–Crippen LogP) is 4.00. The third-order valence-electron chi connectivity index (χ3n) is 6.40. The Morgan fingerprint density at radius 3 is 2.73 bits per heavy atom. The molecule has 1 aliphatic carbocycles. The quantitative estimate of drug-likeness (QED) is 0.655. The van der Waals surface area contributed by atoms with Crippen molar-refractivity contribution in [1.29, 1.82) is 0 Å². The maximum absolute atomic E-state index is 6.09. The van der Waals surface area contributed by atoms with E-state index in [0.717, 1.165) is 54.9 Å². The summed E-state index contributed by atoms with van der Waals surface area (Å²) in [6, 6.07) is 9.93. The Bertz CT molecular complexity index is 801. The van der Waals surface area contributed by atoms with Crippen LogP contribution in [0.1, 0.15) is 49.6 Å². The standard InChI is InChI=1S/C24H35N3O3/c1-26-20(12-14-29-23-11-7-6-10-22(23)28-2)16-21(25-26)24-18-27(13-15-30-24)17-19-8-4-3-5-9-19/h6-7,10-11,16,19,24H,3-5,8-9,12-15,17-18H2,1-2H3/t24-/m0/s1. The lowest BCUT2D eigenvalue weighted by Crippen LogP contribution is -2.41. The molecular formula is C24H35N3O3. The van der Waals surface area contributed by atoms with Crippen LogP contribution in [0.2, 0.25) is 0 Å². The van der Waals surface area contributed by atoms with E-state index in [9.17, 15) is 0 Å². The van der Waals surface area contributed by atoms with Crippen LogP contribution >= 0.6 is 0 Å². The molecule has 1 saturated carbocycles. The zero-order valence-electron chi connectivity index (χ0n) is 18.4. The number of rotatable bonds is 8. The van der Waals surface area contributed by atoms with Crippen molar-refractivity contribution < 1.29 is 14.2 Å². The monoisotopic (exact) mass is 413 g/mol. The molecule has 0 spiro atoms. The van der Waals surface area contributed by atoms with Gasteiger partial charge >= 0.3 is 0 Å². The Kier molecular flexibility index (Phi) is 7.28. The smallest absolute Gasteiger partial charge is 0.161 e. The number of methoxy groups -OCH3 is 1. The summed E-state index contributed by atoms with van der Waals surface area (Å²) in [4.78, 5) is 2.59. The lowest BCUT2D eigenvalue weighted by atomic mass is 9.89. The van der Waals surface area contributed by atoms with Gasteiger partial charge in [-0.15, -0.1) is 0 Å². The fraction of sp³-hybridized carbons (Fsp3) is 0.625. The zero-order chi connectivity index (χ0) is 20.8. The van der Waals surface area contributed by atoms with E-state index in [4.69, 9.17) is 19.3 Å². The van der Waals surface area contributed by atoms with Crippen molar-refractivity contribution in [3.63, 3.8) is 0 Å². The van der Waals surface area contributed by atoms with Crippen LogP contribution in [0.5, 0.6) is 11.5 Å². The van der Waals surface area contributed by atoms with E-state index >= 15 is 0 Å². The van der Waals surface area contributed by atoms with E-state index in [1.54, 1.807) is 7.11 Å². The molecule has 1 saturated heterocycles. The lowest BCUT2D eigenvalue weighted by Gasteiger charge is -2.35. The van der Waals surface area contributed by atoms with Gasteiger partial charge < -0.3 is 14.2 Å². The molecule has 0 amide bonds. The SMILES string of the molecule is COc1ccccc1OCCc1cc([C@@H]2CN(CC3CCCCC3)CCO2)nn1C. The van der Waals surface area contributed by atoms with E-state index in [-0.39, 0.29) is 6.10 Å². The van der Waals surface area contributed by atoms with Crippen LogP contribution in [0.25, 0.3) is 0 Å². The fourth-order valence-corrected chi connectivity index (χ4v) is 4.71. The molecule has 1 atom stereocenters. The summed E-state index contributed by atoms with van der Waals surface area (Å²) in [5, 5.41) is 4.76. The first-order valence-electron chi connectivity index (χ1n) is 11.4. The Hall–Kier alpha value is -2.05.